The van der Waals surface area contributed by atoms with Crippen LogP contribution in [0.15, 0.2) is 42.5 Å². The lowest BCUT2D eigenvalue weighted by Gasteiger charge is -2.20. The summed E-state index contributed by atoms with van der Waals surface area (Å²) in [5.74, 6) is 0.0860. The van der Waals surface area contributed by atoms with Gasteiger partial charge in [0.1, 0.15) is 5.75 Å². The van der Waals surface area contributed by atoms with Gasteiger partial charge in [-0.3, -0.25) is 9.59 Å². The van der Waals surface area contributed by atoms with Gasteiger partial charge in [0.15, 0.2) is 0 Å². The highest BCUT2D eigenvalue weighted by atomic mass is 16.5. The van der Waals surface area contributed by atoms with Crippen molar-refractivity contribution in [2.24, 2.45) is 5.92 Å². The highest BCUT2D eigenvalue weighted by Gasteiger charge is 2.36. The van der Waals surface area contributed by atoms with Gasteiger partial charge in [-0.15, -0.1) is 0 Å². The Hall–Kier alpha value is -2.82. The number of carbonyl (C=O) groups excluding carboxylic acids is 2. The SMILES string of the molecule is CCCCc1ccc(NC(=O)C2CC(=O)N(c3cc(C)ccc3OC)C2)cc1. The van der Waals surface area contributed by atoms with Crippen LogP contribution in [0, 0.1) is 12.8 Å². The summed E-state index contributed by atoms with van der Waals surface area (Å²) in [6.45, 7) is 4.50. The molecule has 3 rings (SSSR count). The molecule has 5 heteroatoms. The van der Waals surface area contributed by atoms with Crippen LogP contribution in [0.25, 0.3) is 0 Å². The molecule has 0 radical (unpaired) electrons. The third-order valence-corrected chi connectivity index (χ3v) is 5.16. The molecule has 5 nitrogen and oxygen atoms in total. The van der Waals surface area contributed by atoms with Crippen LogP contribution in [0.3, 0.4) is 0 Å². The third-order valence-electron chi connectivity index (χ3n) is 5.16. The molecule has 1 heterocycles. The number of unbranched alkanes of at least 4 members (excludes halogenated alkanes) is 1. The van der Waals surface area contributed by atoms with Crippen molar-refractivity contribution >= 4 is 23.2 Å². The van der Waals surface area contributed by atoms with E-state index in [0.29, 0.717) is 12.3 Å². The first kappa shape index (κ1) is 19.9. The van der Waals surface area contributed by atoms with E-state index < -0.39 is 0 Å². The van der Waals surface area contributed by atoms with Crippen molar-refractivity contribution in [3.05, 3.63) is 53.6 Å². The molecule has 0 aliphatic carbocycles. The number of benzene rings is 2. The van der Waals surface area contributed by atoms with Crippen molar-refractivity contribution in [3.8, 4) is 5.75 Å². The fourth-order valence-corrected chi connectivity index (χ4v) is 3.51. The molecule has 1 fully saturated rings. The fraction of sp³-hybridized carbons (Fsp3) is 0.391. The average molecular weight is 380 g/mol. The second kappa shape index (κ2) is 8.91. The second-order valence-electron chi connectivity index (χ2n) is 7.37. The maximum atomic E-state index is 12.7. The molecule has 0 saturated carbocycles. The molecule has 1 atom stereocenters. The van der Waals surface area contributed by atoms with Gasteiger partial charge in [0.05, 0.1) is 18.7 Å². The number of carbonyl (C=O) groups is 2. The van der Waals surface area contributed by atoms with Crippen LogP contribution in [-0.4, -0.2) is 25.5 Å². The minimum Gasteiger partial charge on any atom is -0.495 e. The topological polar surface area (TPSA) is 58.6 Å². The second-order valence-corrected chi connectivity index (χ2v) is 7.37. The van der Waals surface area contributed by atoms with Crippen molar-refractivity contribution in [3.63, 3.8) is 0 Å². The standard InChI is InChI=1S/C23H28N2O3/c1-4-5-6-17-8-10-19(11-9-17)24-23(27)18-14-22(26)25(15-18)20-13-16(2)7-12-21(20)28-3/h7-13,18H,4-6,14-15H2,1-3H3,(H,24,27). The van der Waals surface area contributed by atoms with Crippen molar-refractivity contribution in [2.75, 3.05) is 23.9 Å². The van der Waals surface area contributed by atoms with E-state index in [0.717, 1.165) is 36.2 Å². The first-order valence-electron chi connectivity index (χ1n) is 9.86. The molecular formula is C23H28N2O3. The lowest BCUT2D eigenvalue weighted by Crippen LogP contribution is -2.28. The van der Waals surface area contributed by atoms with Gasteiger partial charge in [-0.25, -0.2) is 0 Å². The van der Waals surface area contributed by atoms with Crippen LogP contribution in [0.4, 0.5) is 11.4 Å². The molecule has 0 spiro atoms. The quantitative estimate of drug-likeness (QED) is 0.777. The van der Waals surface area contributed by atoms with Gasteiger partial charge in [-0.05, 0) is 55.2 Å². The van der Waals surface area contributed by atoms with Crippen LogP contribution >= 0.6 is 0 Å². The van der Waals surface area contributed by atoms with Crippen LogP contribution in [0.5, 0.6) is 5.75 Å². The Kier molecular flexibility index (Phi) is 6.34. The summed E-state index contributed by atoms with van der Waals surface area (Å²) in [5, 5.41) is 2.95. The first-order chi connectivity index (χ1) is 13.5. The Morgan fingerprint density at radius 3 is 2.64 bits per heavy atom. The smallest absolute Gasteiger partial charge is 0.229 e. The molecule has 1 saturated heterocycles. The van der Waals surface area contributed by atoms with E-state index in [1.165, 1.54) is 5.56 Å². The Balaban J connectivity index is 1.66. The molecule has 1 unspecified atom stereocenters. The predicted octanol–water partition coefficient (Wildman–Crippen LogP) is 4.34. The summed E-state index contributed by atoms with van der Waals surface area (Å²) in [6, 6.07) is 13.7. The number of amides is 2. The molecule has 28 heavy (non-hydrogen) atoms. The monoisotopic (exact) mass is 380 g/mol. The average Bonchev–Trinajstić information content (AvgIpc) is 3.09. The number of methoxy groups -OCH3 is 1. The van der Waals surface area contributed by atoms with Crippen LogP contribution in [0.2, 0.25) is 0 Å². The van der Waals surface area contributed by atoms with Crippen molar-refractivity contribution < 1.29 is 14.3 Å². The number of anilines is 2. The van der Waals surface area contributed by atoms with Gasteiger partial charge >= 0.3 is 0 Å². The Morgan fingerprint density at radius 1 is 1.21 bits per heavy atom. The largest absolute Gasteiger partial charge is 0.495 e. The molecule has 2 aromatic carbocycles. The molecule has 0 bridgehead atoms. The van der Waals surface area contributed by atoms with E-state index in [-0.39, 0.29) is 24.2 Å². The maximum absolute atomic E-state index is 12.7. The Bertz CT molecular complexity index is 845. The minimum absolute atomic E-state index is 0.0565. The first-order valence-corrected chi connectivity index (χ1v) is 9.86. The molecule has 148 valence electrons. The number of ether oxygens (including phenoxy) is 1. The van der Waals surface area contributed by atoms with Crippen molar-refractivity contribution in [1.82, 2.24) is 0 Å². The molecule has 1 aliphatic heterocycles. The van der Waals surface area contributed by atoms with Gasteiger partial charge in [0.2, 0.25) is 11.8 Å². The van der Waals surface area contributed by atoms with Gasteiger partial charge in [-0.2, -0.15) is 0 Å². The zero-order chi connectivity index (χ0) is 20.1. The number of nitrogens with one attached hydrogen (secondary N) is 1. The number of hydrogen-bond acceptors (Lipinski definition) is 3. The number of nitrogens with zero attached hydrogens (tertiary/aromatic N) is 1. The van der Waals surface area contributed by atoms with Crippen molar-refractivity contribution in [2.45, 2.75) is 39.5 Å². The number of rotatable bonds is 7. The summed E-state index contributed by atoms with van der Waals surface area (Å²) in [6.07, 6.45) is 3.58. The van der Waals surface area contributed by atoms with Crippen LogP contribution < -0.4 is 15.0 Å². The molecule has 0 aromatic heterocycles. The molecular weight excluding hydrogens is 352 g/mol. The maximum Gasteiger partial charge on any atom is 0.229 e. The Morgan fingerprint density at radius 2 is 1.96 bits per heavy atom. The van der Waals surface area contributed by atoms with E-state index >= 15 is 0 Å². The highest BCUT2D eigenvalue weighted by Crippen LogP contribution is 2.34. The Labute approximate surface area is 166 Å². The predicted molar refractivity (Wildman–Crippen MR) is 112 cm³/mol. The van der Waals surface area contributed by atoms with E-state index in [4.69, 9.17) is 4.74 Å². The zero-order valence-corrected chi connectivity index (χ0v) is 16.8. The van der Waals surface area contributed by atoms with Gasteiger partial charge in [-0.1, -0.05) is 31.5 Å². The van der Waals surface area contributed by atoms with Crippen molar-refractivity contribution in [1.29, 1.82) is 0 Å². The van der Waals surface area contributed by atoms with Crippen LogP contribution in [0.1, 0.15) is 37.3 Å². The summed E-state index contributed by atoms with van der Waals surface area (Å²) >= 11 is 0. The normalized spacial score (nSPS) is 16.3. The lowest BCUT2D eigenvalue weighted by molar-refractivity contribution is -0.122. The number of aryl methyl sites for hydroxylation is 2. The minimum atomic E-state index is -0.377. The van der Waals surface area contributed by atoms with E-state index in [1.54, 1.807) is 12.0 Å². The zero-order valence-electron chi connectivity index (χ0n) is 16.8. The molecule has 1 aliphatic rings. The number of hydrogen-bond donors (Lipinski definition) is 1. The van der Waals surface area contributed by atoms with Gasteiger partial charge in [0, 0.05) is 18.7 Å². The molecule has 2 aromatic rings. The van der Waals surface area contributed by atoms with E-state index in [9.17, 15) is 9.59 Å². The molecule has 1 N–H and O–H groups in total. The fourth-order valence-electron chi connectivity index (χ4n) is 3.51. The van der Waals surface area contributed by atoms with Crippen LogP contribution in [-0.2, 0) is 16.0 Å². The summed E-state index contributed by atoms with van der Waals surface area (Å²) < 4.78 is 5.40. The lowest BCUT2D eigenvalue weighted by atomic mass is 10.1. The summed E-state index contributed by atoms with van der Waals surface area (Å²) in [5.41, 5.74) is 3.81. The van der Waals surface area contributed by atoms with Gasteiger partial charge in [0.25, 0.3) is 0 Å². The van der Waals surface area contributed by atoms with Gasteiger partial charge < -0.3 is 15.0 Å². The highest BCUT2D eigenvalue weighted by molar-refractivity contribution is 6.04. The summed E-state index contributed by atoms with van der Waals surface area (Å²) in [7, 11) is 1.59. The van der Waals surface area contributed by atoms with E-state index in [1.807, 2.05) is 37.3 Å². The molecule has 2 amide bonds. The third kappa shape index (κ3) is 4.53. The van der Waals surface area contributed by atoms with E-state index in [2.05, 4.69) is 24.4 Å². The summed E-state index contributed by atoms with van der Waals surface area (Å²) in [4.78, 5) is 26.9.